The molecule has 8 nitrogen and oxygen atoms in total. The Kier molecular flexibility index (Phi) is 59.8. The number of carbonyl (C=O) groups is 1. The van der Waals surface area contributed by atoms with Gasteiger partial charge in [-0.25, -0.2) is 0 Å². The van der Waals surface area contributed by atoms with Crippen molar-refractivity contribution in [2.24, 2.45) is 0 Å². The molecule has 0 aromatic heterocycles. The van der Waals surface area contributed by atoms with E-state index in [0.29, 0.717) is 17.4 Å². The van der Waals surface area contributed by atoms with Crippen molar-refractivity contribution in [1.29, 1.82) is 0 Å². The Hall–Kier alpha value is -1.02. The lowest BCUT2D eigenvalue weighted by Crippen LogP contribution is -2.45. The van der Waals surface area contributed by atoms with Gasteiger partial charge < -0.3 is 28.8 Å². The van der Waals surface area contributed by atoms with E-state index < -0.39 is 20.0 Å². The molecule has 3 unspecified atom stereocenters. The van der Waals surface area contributed by atoms with Gasteiger partial charge in [0.2, 0.25) is 5.91 Å². The van der Waals surface area contributed by atoms with E-state index in [1.807, 2.05) is 27.2 Å². The molecule has 9 heteroatoms. The lowest BCUT2D eigenvalue weighted by atomic mass is 10.0. The smallest absolute Gasteiger partial charge is 0.268 e. The minimum atomic E-state index is -4.60. The third kappa shape index (κ3) is 62.6. The van der Waals surface area contributed by atoms with Crippen LogP contribution in [0.15, 0.2) is 24.3 Å². The number of nitrogens with zero attached hydrogens (tertiary/aromatic N) is 1. The van der Waals surface area contributed by atoms with Crippen LogP contribution in [0.25, 0.3) is 0 Å². The molecule has 0 radical (unpaired) electrons. The first-order valence-electron chi connectivity index (χ1n) is 34.7. The molecule has 0 rings (SSSR count). The van der Waals surface area contributed by atoms with Crippen molar-refractivity contribution in [1.82, 2.24) is 5.32 Å². The summed E-state index contributed by atoms with van der Waals surface area (Å²) < 4.78 is 23.5. The Morgan fingerprint density at radius 2 is 0.705 bits per heavy atom. The van der Waals surface area contributed by atoms with Gasteiger partial charge in [0, 0.05) is 6.42 Å². The Bertz CT molecular complexity index is 1320. The zero-order valence-electron chi connectivity index (χ0n) is 53.2. The number of carbonyl (C=O) groups excluding carboxylic acids is 1. The maximum absolute atomic E-state index is 13.0. The highest BCUT2D eigenvalue weighted by molar-refractivity contribution is 7.45. The predicted molar refractivity (Wildman–Crippen MR) is 339 cm³/mol. The lowest BCUT2D eigenvalue weighted by Gasteiger charge is -2.29. The summed E-state index contributed by atoms with van der Waals surface area (Å²) in [5.74, 6) is -0.189. The van der Waals surface area contributed by atoms with Crippen molar-refractivity contribution in [2.45, 2.75) is 373 Å². The van der Waals surface area contributed by atoms with Gasteiger partial charge in [-0.1, -0.05) is 334 Å². The largest absolute Gasteiger partial charge is 0.756 e. The number of unbranched alkanes of at least 4 members (excludes halogenated alkanes) is 50. The maximum atomic E-state index is 13.0. The van der Waals surface area contributed by atoms with Gasteiger partial charge in [0.05, 0.1) is 39.9 Å². The minimum Gasteiger partial charge on any atom is -0.756 e. The van der Waals surface area contributed by atoms with E-state index in [4.69, 9.17) is 9.05 Å². The molecule has 0 aliphatic heterocycles. The third-order valence-corrected chi connectivity index (χ3v) is 17.1. The average molecular weight is 1120 g/mol. The standard InChI is InChI=1S/C69H137N2O6P/c1-6-8-10-12-14-16-18-20-22-24-26-28-30-31-32-33-34-35-36-37-38-39-41-43-45-47-49-51-53-55-57-59-61-63-69(73)70-67(66-77-78(74,75)76-65-64-71(3,4)5)68(72)62-60-58-56-54-52-50-48-46-44-42-40-29-27-25-23-21-19-17-15-13-11-9-7-2/h24,26,60,62,67-68,72H,6-23,25,27-59,61,63-66H2,1-5H3,(H-,70,73,74,75)/b26-24-,62-60+. The van der Waals surface area contributed by atoms with E-state index in [1.54, 1.807) is 6.08 Å². The van der Waals surface area contributed by atoms with E-state index in [1.165, 1.54) is 302 Å². The van der Waals surface area contributed by atoms with Crippen LogP contribution in [0.2, 0.25) is 0 Å². The number of rotatable bonds is 65. The fourth-order valence-electron chi connectivity index (χ4n) is 10.7. The molecule has 0 aliphatic carbocycles. The van der Waals surface area contributed by atoms with Gasteiger partial charge >= 0.3 is 0 Å². The van der Waals surface area contributed by atoms with E-state index in [0.717, 1.165) is 38.5 Å². The zero-order chi connectivity index (χ0) is 57.0. The number of amides is 1. The Balaban J connectivity index is 4.01. The fraction of sp³-hybridized carbons (Fsp3) is 0.928. The summed E-state index contributed by atoms with van der Waals surface area (Å²) in [6, 6.07) is -0.885. The van der Waals surface area contributed by atoms with Gasteiger partial charge in [0.15, 0.2) is 0 Å². The Morgan fingerprint density at radius 1 is 0.436 bits per heavy atom. The molecule has 78 heavy (non-hydrogen) atoms. The summed E-state index contributed by atoms with van der Waals surface area (Å²) in [4.78, 5) is 25.6. The second kappa shape index (κ2) is 60.6. The van der Waals surface area contributed by atoms with Crippen LogP contribution in [-0.4, -0.2) is 68.5 Å². The highest BCUT2D eigenvalue weighted by atomic mass is 31.2. The van der Waals surface area contributed by atoms with E-state index >= 15 is 0 Å². The van der Waals surface area contributed by atoms with Crippen LogP contribution in [0, 0.1) is 0 Å². The summed E-state index contributed by atoms with van der Waals surface area (Å²) in [5.41, 5.74) is 0. The van der Waals surface area contributed by atoms with Crippen molar-refractivity contribution < 1.29 is 32.9 Å². The molecular weight excluding hydrogens is 984 g/mol. The van der Waals surface area contributed by atoms with Crippen LogP contribution in [0.1, 0.15) is 361 Å². The van der Waals surface area contributed by atoms with Crippen LogP contribution < -0.4 is 10.2 Å². The van der Waals surface area contributed by atoms with Gasteiger partial charge in [-0.05, 0) is 44.9 Å². The lowest BCUT2D eigenvalue weighted by molar-refractivity contribution is -0.870. The summed E-state index contributed by atoms with van der Waals surface area (Å²) in [6.45, 7) is 4.71. The monoisotopic (exact) mass is 1120 g/mol. The molecule has 3 atom stereocenters. The SMILES string of the molecule is CCCCCCCCCC/C=C\CCCCCCCCCCCCCCCCCCCCCCCC(=O)NC(COP(=O)([O-])OCC[N+](C)(C)C)C(O)/C=C/CCCCCCCCCCCCCCCCCCCCCCC. The molecule has 1 amide bonds. The van der Waals surface area contributed by atoms with Crippen molar-refractivity contribution in [3.63, 3.8) is 0 Å². The summed E-state index contributed by atoms with van der Waals surface area (Å²) in [7, 11) is 1.28. The van der Waals surface area contributed by atoms with Crippen LogP contribution in [0.3, 0.4) is 0 Å². The number of aliphatic hydroxyl groups is 1. The molecule has 464 valence electrons. The van der Waals surface area contributed by atoms with Crippen molar-refractivity contribution >= 4 is 13.7 Å². The molecule has 0 fully saturated rings. The quantitative estimate of drug-likeness (QED) is 0.0272. The van der Waals surface area contributed by atoms with Crippen LogP contribution >= 0.6 is 7.82 Å². The summed E-state index contributed by atoms with van der Waals surface area (Å²) in [5, 5.41) is 14.0. The number of hydrogen-bond donors (Lipinski definition) is 2. The van der Waals surface area contributed by atoms with Gasteiger partial charge in [0.1, 0.15) is 13.2 Å². The fourth-order valence-corrected chi connectivity index (χ4v) is 11.5. The zero-order valence-corrected chi connectivity index (χ0v) is 54.0. The maximum Gasteiger partial charge on any atom is 0.268 e. The van der Waals surface area contributed by atoms with E-state index in [9.17, 15) is 19.4 Å². The third-order valence-electron chi connectivity index (χ3n) is 16.2. The molecular formula is C69H137N2O6P. The van der Waals surface area contributed by atoms with Gasteiger partial charge in [-0.3, -0.25) is 9.36 Å². The first-order valence-corrected chi connectivity index (χ1v) is 36.2. The number of phosphoric ester groups is 1. The molecule has 0 spiro atoms. The minimum absolute atomic E-state index is 0.00202. The first kappa shape index (κ1) is 77.0. The molecule has 0 aliphatic rings. The number of hydrogen-bond acceptors (Lipinski definition) is 6. The number of phosphoric acid groups is 1. The molecule has 0 saturated heterocycles. The molecule has 0 aromatic rings. The Morgan fingerprint density at radius 3 is 1.00 bits per heavy atom. The number of nitrogens with one attached hydrogen (secondary N) is 1. The molecule has 0 saturated carbocycles. The highest BCUT2D eigenvalue weighted by Gasteiger charge is 2.23. The number of quaternary nitrogens is 1. The van der Waals surface area contributed by atoms with Gasteiger partial charge in [-0.15, -0.1) is 0 Å². The highest BCUT2D eigenvalue weighted by Crippen LogP contribution is 2.38. The normalized spacial score (nSPS) is 13.8. The number of aliphatic hydroxyl groups excluding tert-OH is 1. The Labute approximate surface area is 487 Å². The van der Waals surface area contributed by atoms with Crippen LogP contribution in [0.4, 0.5) is 0 Å². The molecule has 0 bridgehead atoms. The summed E-state index contributed by atoms with van der Waals surface area (Å²) in [6.07, 6.45) is 78.7. The van der Waals surface area contributed by atoms with E-state index in [2.05, 4.69) is 31.3 Å². The second-order valence-corrected chi connectivity index (χ2v) is 26.7. The van der Waals surface area contributed by atoms with Gasteiger partial charge in [0.25, 0.3) is 7.82 Å². The van der Waals surface area contributed by atoms with Gasteiger partial charge in [-0.2, -0.15) is 0 Å². The summed E-state index contributed by atoms with van der Waals surface area (Å²) >= 11 is 0. The van der Waals surface area contributed by atoms with Crippen molar-refractivity contribution in [3.8, 4) is 0 Å². The topological polar surface area (TPSA) is 108 Å². The van der Waals surface area contributed by atoms with Crippen molar-refractivity contribution in [2.75, 3.05) is 40.9 Å². The van der Waals surface area contributed by atoms with Crippen molar-refractivity contribution in [3.05, 3.63) is 24.3 Å². The molecule has 0 heterocycles. The first-order chi connectivity index (χ1) is 38.0. The van der Waals surface area contributed by atoms with E-state index in [-0.39, 0.29) is 19.1 Å². The number of allylic oxidation sites excluding steroid dienone is 3. The van der Waals surface area contributed by atoms with Crippen LogP contribution in [0.5, 0.6) is 0 Å². The number of likely N-dealkylation sites (N-methyl/N-ethyl adjacent to an activating group) is 1. The molecule has 2 N–H and O–H groups in total. The molecule has 0 aromatic carbocycles. The van der Waals surface area contributed by atoms with Crippen LogP contribution in [-0.2, 0) is 18.4 Å². The average Bonchev–Trinajstić information content (AvgIpc) is 3.41. The second-order valence-electron chi connectivity index (χ2n) is 25.2. The predicted octanol–water partition coefficient (Wildman–Crippen LogP) is 21.3.